The van der Waals surface area contributed by atoms with Gasteiger partial charge in [0, 0.05) is 24.2 Å². The minimum absolute atomic E-state index is 0.0424. The lowest BCUT2D eigenvalue weighted by Crippen LogP contribution is -2.44. The number of nitrogens with one attached hydrogen (secondary N) is 2. The van der Waals surface area contributed by atoms with Gasteiger partial charge in [0.05, 0.1) is 6.54 Å². The third kappa shape index (κ3) is 4.75. The highest BCUT2D eigenvalue weighted by atomic mass is 16.2. The molecule has 8 nitrogen and oxygen atoms in total. The molecular weight excluding hydrogens is 356 g/mol. The lowest BCUT2D eigenvalue weighted by Gasteiger charge is -2.27. The van der Waals surface area contributed by atoms with Gasteiger partial charge in [-0.25, -0.2) is 4.98 Å². The van der Waals surface area contributed by atoms with E-state index in [4.69, 9.17) is 5.73 Å². The van der Waals surface area contributed by atoms with E-state index in [0.29, 0.717) is 43.3 Å². The standard InChI is InChI=1S/C20H28N6O2/c1-20(2,3)11-17(27)26-10-4-5-15(26)19(28)22-14-8-6-13(7-9-14)18-23-16(12-21)24-25-18/h6-9,15H,4-5,10-12,21H2,1-3H3,(H,22,28)(H,23,24,25). The number of rotatable bonds is 5. The number of aromatic amines is 1. The number of carbonyl (C=O) groups is 2. The fourth-order valence-electron chi connectivity index (χ4n) is 3.34. The normalized spacial score (nSPS) is 17.0. The van der Waals surface area contributed by atoms with E-state index in [1.807, 2.05) is 45.0 Å². The van der Waals surface area contributed by atoms with Gasteiger partial charge < -0.3 is 16.0 Å². The van der Waals surface area contributed by atoms with Crippen LogP contribution in [0.3, 0.4) is 0 Å². The van der Waals surface area contributed by atoms with Crippen LogP contribution in [0, 0.1) is 5.41 Å². The van der Waals surface area contributed by atoms with E-state index in [1.54, 1.807) is 4.90 Å². The molecule has 4 N–H and O–H groups in total. The molecule has 2 amide bonds. The highest BCUT2D eigenvalue weighted by Gasteiger charge is 2.35. The molecule has 3 rings (SSSR count). The Balaban J connectivity index is 1.64. The van der Waals surface area contributed by atoms with E-state index in [1.165, 1.54) is 0 Å². The summed E-state index contributed by atoms with van der Waals surface area (Å²) in [5, 5.41) is 9.82. The second kappa shape index (κ2) is 8.10. The Morgan fingerprint density at radius 2 is 2.00 bits per heavy atom. The van der Waals surface area contributed by atoms with Crippen LogP contribution in [0.25, 0.3) is 11.4 Å². The van der Waals surface area contributed by atoms with Gasteiger partial charge in [0.1, 0.15) is 11.9 Å². The second-order valence-electron chi connectivity index (χ2n) is 8.36. The smallest absolute Gasteiger partial charge is 0.247 e. The minimum Gasteiger partial charge on any atom is -0.331 e. The Morgan fingerprint density at radius 3 is 2.61 bits per heavy atom. The molecule has 1 aliphatic heterocycles. The summed E-state index contributed by atoms with van der Waals surface area (Å²) in [5.41, 5.74) is 6.95. The molecule has 2 heterocycles. The molecule has 150 valence electrons. The zero-order chi connectivity index (χ0) is 20.3. The molecule has 0 radical (unpaired) electrons. The predicted molar refractivity (Wildman–Crippen MR) is 107 cm³/mol. The Labute approximate surface area is 164 Å². The highest BCUT2D eigenvalue weighted by molar-refractivity contribution is 5.97. The number of aromatic nitrogens is 3. The van der Waals surface area contributed by atoms with E-state index in [-0.39, 0.29) is 17.2 Å². The Bertz CT molecular complexity index is 837. The van der Waals surface area contributed by atoms with Gasteiger partial charge in [-0.2, -0.15) is 5.10 Å². The second-order valence-corrected chi connectivity index (χ2v) is 8.36. The van der Waals surface area contributed by atoms with Crippen molar-refractivity contribution >= 4 is 17.5 Å². The fourth-order valence-corrected chi connectivity index (χ4v) is 3.34. The van der Waals surface area contributed by atoms with Gasteiger partial charge in [0.2, 0.25) is 11.8 Å². The summed E-state index contributed by atoms with van der Waals surface area (Å²) >= 11 is 0. The first-order valence-electron chi connectivity index (χ1n) is 9.59. The Kier molecular flexibility index (Phi) is 5.79. The number of carbonyl (C=O) groups excluding carboxylic acids is 2. The van der Waals surface area contributed by atoms with Crippen LogP contribution < -0.4 is 11.1 Å². The van der Waals surface area contributed by atoms with Crippen LogP contribution in [0.15, 0.2) is 24.3 Å². The molecular formula is C20H28N6O2. The van der Waals surface area contributed by atoms with Crippen LogP contribution in [-0.2, 0) is 16.1 Å². The summed E-state index contributed by atoms with van der Waals surface area (Å²) in [4.78, 5) is 31.3. The van der Waals surface area contributed by atoms with Gasteiger partial charge in [-0.05, 0) is 42.5 Å². The van der Waals surface area contributed by atoms with Crippen molar-refractivity contribution in [3.8, 4) is 11.4 Å². The van der Waals surface area contributed by atoms with Crippen LogP contribution in [0.5, 0.6) is 0 Å². The molecule has 0 saturated carbocycles. The third-order valence-corrected chi connectivity index (χ3v) is 4.69. The number of benzene rings is 1. The van der Waals surface area contributed by atoms with Gasteiger partial charge in [-0.3, -0.25) is 14.7 Å². The van der Waals surface area contributed by atoms with E-state index in [2.05, 4.69) is 20.5 Å². The number of H-pyrrole nitrogens is 1. The van der Waals surface area contributed by atoms with Gasteiger partial charge in [-0.1, -0.05) is 20.8 Å². The van der Waals surface area contributed by atoms with Crippen LogP contribution >= 0.6 is 0 Å². The monoisotopic (exact) mass is 384 g/mol. The third-order valence-electron chi connectivity index (χ3n) is 4.69. The molecule has 1 aromatic carbocycles. The van der Waals surface area contributed by atoms with Crippen molar-refractivity contribution in [1.82, 2.24) is 20.1 Å². The largest absolute Gasteiger partial charge is 0.331 e. The molecule has 1 unspecified atom stereocenters. The van der Waals surface area contributed by atoms with Gasteiger partial charge in [0.15, 0.2) is 5.82 Å². The number of hydrogen-bond donors (Lipinski definition) is 3. The first-order valence-corrected chi connectivity index (χ1v) is 9.59. The molecule has 28 heavy (non-hydrogen) atoms. The number of hydrogen-bond acceptors (Lipinski definition) is 5. The van der Waals surface area contributed by atoms with Crippen LogP contribution in [-0.4, -0.2) is 44.5 Å². The number of likely N-dealkylation sites (tertiary alicyclic amines) is 1. The van der Waals surface area contributed by atoms with Crippen molar-refractivity contribution < 1.29 is 9.59 Å². The first-order chi connectivity index (χ1) is 13.3. The molecule has 0 bridgehead atoms. The maximum absolute atomic E-state index is 12.7. The van der Waals surface area contributed by atoms with Gasteiger partial charge in [0.25, 0.3) is 0 Å². The summed E-state index contributed by atoms with van der Waals surface area (Å²) in [6.45, 7) is 7.03. The summed E-state index contributed by atoms with van der Waals surface area (Å²) in [6, 6.07) is 6.89. The van der Waals surface area contributed by atoms with Crippen LogP contribution in [0.1, 0.15) is 45.9 Å². The minimum atomic E-state index is -0.408. The van der Waals surface area contributed by atoms with Crippen molar-refractivity contribution in [2.45, 2.75) is 52.6 Å². The number of nitrogens with zero attached hydrogens (tertiary/aromatic N) is 3. The Hall–Kier alpha value is -2.74. The fraction of sp³-hybridized carbons (Fsp3) is 0.500. The lowest BCUT2D eigenvalue weighted by molar-refractivity contribution is -0.138. The summed E-state index contributed by atoms with van der Waals surface area (Å²) < 4.78 is 0. The van der Waals surface area contributed by atoms with Crippen LogP contribution in [0.2, 0.25) is 0 Å². The van der Waals surface area contributed by atoms with Crippen molar-refractivity contribution in [2.75, 3.05) is 11.9 Å². The molecule has 1 fully saturated rings. The molecule has 0 aliphatic carbocycles. The molecule has 2 aromatic rings. The summed E-state index contributed by atoms with van der Waals surface area (Å²) in [5.74, 6) is 1.08. The summed E-state index contributed by atoms with van der Waals surface area (Å²) in [7, 11) is 0. The zero-order valence-electron chi connectivity index (χ0n) is 16.7. The van der Waals surface area contributed by atoms with E-state index >= 15 is 0 Å². The molecule has 1 saturated heterocycles. The highest BCUT2D eigenvalue weighted by Crippen LogP contribution is 2.26. The maximum Gasteiger partial charge on any atom is 0.247 e. The average Bonchev–Trinajstić information content (AvgIpc) is 3.30. The molecule has 1 atom stereocenters. The molecule has 1 aliphatic rings. The zero-order valence-corrected chi connectivity index (χ0v) is 16.7. The van der Waals surface area contributed by atoms with Gasteiger partial charge in [-0.15, -0.1) is 0 Å². The quantitative estimate of drug-likeness (QED) is 0.731. The average molecular weight is 384 g/mol. The van der Waals surface area contributed by atoms with Crippen molar-refractivity contribution in [3.05, 3.63) is 30.1 Å². The van der Waals surface area contributed by atoms with Crippen molar-refractivity contribution in [2.24, 2.45) is 11.1 Å². The van der Waals surface area contributed by atoms with E-state index in [9.17, 15) is 9.59 Å². The first kappa shape index (κ1) is 20.0. The lowest BCUT2D eigenvalue weighted by atomic mass is 9.91. The van der Waals surface area contributed by atoms with E-state index < -0.39 is 6.04 Å². The maximum atomic E-state index is 12.7. The van der Waals surface area contributed by atoms with E-state index in [0.717, 1.165) is 12.0 Å². The van der Waals surface area contributed by atoms with Crippen molar-refractivity contribution in [3.63, 3.8) is 0 Å². The predicted octanol–water partition coefficient (Wildman–Crippen LogP) is 2.30. The molecule has 0 spiro atoms. The van der Waals surface area contributed by atoms with Crippen molar-refractivity contribution in [1.29, 1.82) is 0 Å². The number of anilines is 1. The summed E-state index contributed by atoms with van der Waals surface area (Å²) in [6.07, 6.45) is 1.98. The SMILES string of the molecule is CC(C)(C)CC(=O)N1CCCC1C(=O)Nc1ccc(-c2n[nH]c(CN)n2)cc1. The molecule has 8 heteroatoms. The number of nitrogens with two attached hydrogens (primary N) is 1. The molecule has 1 aromatic heterocycles. The topological polar surface area (TPSA) is 117 Å². The van der Waals surface area contributed by atoms with Crippen LogP contribution in [0.4, 0.5) is 5.69 Å². The Morgan fingerprint density at radius 1 is 1.29 bits per heavy atom. The van der Waals surface area contributed by atoms with Gasteiger partial charge >= 0.3 is 0 Å². The number of amides is 2.